The molecule has 0 aliphatic carbocycles. The molecule has 3 nitrogen and oxygen atoms in total. The van der Waals surface area contributed by atoms with Crippen LogP contribution < -0.4 is 4.90 Å². The monoisotopic (exact) mass is 322 g/mol. The fourth-order valence-electron chi connectivity index (χ4n) is 4.58. The maximum absolute atomic E-state index is 6.27. The minimum atomic E-state index is 0.116. The van der Waals surface area contributed by atoms with Gasteiger partial charge in [-0.25, -0.2) is 4.98 Å². The molecule has 3 heteroatoms. The van der Waals surface area contributed by atoms with Gasteiger partial charge in [-0.15, -0.1) is 0 Å². The summed E-state index contributed by atoms with van der Waals surface area (Å²) in [4.78, 5) is 7.13. The summed E-state index contributed by atoms with van der Waals surface area (Å²) in [6, 6.07) is 8.57. The normalized spacial score (nSPS) is 19.5. The minimum absolute atomic E-state index is 0.116. The first-order valence-electron chi connectivity index (χ1n) is 8.75. The second-order valence-electron chi connectivity index (χ2n) is 8.75. The Balaban J connectivity index is 2.01. The molecule has 2 aromatic heterocycles. The van der Waals surface area contributed by atoms with Gasteiger partial charge in [0.25, 0.3) is 0 Å². The molecule has 3 heterocycles. The van der Waals surface area contributed by atoms with Gasteiger partial charge in [0.05, 0.1) is 5.69 Å². The van der Waals surface area contributed by atoms with E-state index in [0.717, 1.165) is 28.9 Å². The first-order valence-corrected chi connectivity index (χ1v) is 8.75. The molecule has 0 atom stereocenters. The lowest BCUT2D eigenvalue weighted by molar-refractivity contribution is 0.371. The van der Waals surface area contributed by atoms with E-state index in [9.17, 15) is 0 Å². The molecule has 1 saturated heterocycles. The summed E-state index contributed by atoms with van der Waals surface area (Å²) in [6.07, 6.45) is 1.17. The van der Waals surface area contributed by atoms with Crippen molar-refractivity contribution in [1.82, 2.24) is 4.98 Å². The van der Waals surface area contributed by atoms with E-state index in [0.29, 0.717) is 5.41 Å². The van der Waals surface area contributed by atoms with E-state index < -0.39 is 0 Å². The number of hydrogen-bond acceptors (Lipinski definition) is 3. The van der Waals surface area contributed by atoms with Crippen LogP contribution in [0.2, 0.25) is 0 Å². The molecule has 0 amide bonds. The number of aromatic nitrogens is 1. The lowest BCUT2D eigenvalue weighted by Gasteiger charge is -2.34. The summed E-state index contributed by atoms with van der Waals surface area (Å²) in [5.74, 6) is 0. The predicted octanol–water partition coefficient (Wildman–Crippen LogP) is 5.61. The maximum atomic E-state index is 6.27. The van der Waals surface area contributed by atoms with E-state index in [4.69, 9.17) is 4.42 Å². The Morgan fingerprint density at radius 3 is 2.38 bits per heavy atom. The van der Waals surface area contributed by atoms with E-state index in [1.807, 2.05) is 6.92 Å². The number of anilines is 1. The van der Waals surface area contributed by atoms with Crippen LogP contribution in [0.15, 0.2) is 28.7 Å². The van der Waals surface area contributed by atoms with Gasteiger partial charge in [0.2, 0.25) is 5.71 Å². The van der Waals surface area contributed by atoms with Crippen molar-refractivity contribution in [2.24, 2.45) is 5.41 Å². The van der Waals surface area contributed by atoms with E-state index in [-0.39, 0.29) is 5.54 Å². The zero-order valence-corrected chi connectivity index (χ0v) is 15.5. The van der Waals surface area contributed by atoms with Crippen molar-refractivity contribution in [1.29, 1.82) is 0 Å². The van der Waals surface area contributed by atoms with Crippen LogP contribution in [0.1, 0.15) is 45.4 Å². The minimum Gasteiger partial charge on any atom is -0.436 e. The molecule has 0 N–H and O–H groups in total. The van der Waals surface area contributed by atoms with Crippen LogP contribution in [-0.4, -0.2) is 17.1 Å². The Bertz CT molecular complexity index is 949. The van der Waals surface area contributed by atoms with Crippen LogP contribution in [0.3, 0.4) is 0 Å². The SMILES string of the molecule is Cc1ccc2c(n1)oc1c(N3CC(C)(C)CC3(C)C)c(C)ccc12. The number of furan rings is 1. The standard InChI is InChI=1S/C21H26N2O/c1-13-7-9-15-16-10-8-14(2)22-19(16)24-18(15)17(13)23-12-20(3,4)11-21(23,5)6/h7-10H,11-12H2,1-6H3. The molecule has 0 saturated carbocycles. The Kier molecular flexibility index (Phi) is 3.07. The fourth-order valence-corrected chi connectivity index (χ4v) is 4.58. The van der Waals surface area contributed by atoms with Crippen LogP contribution in [0.5, 0.6) is 0 Å². The molecule has 24 heavy (non-hydrogen) atoms. The Labute approximate surface area is 143 Å². The number of aryl methyl sites for hydroxylation is 2. The highest BCUT2D eigenvalue weighted by molar-refractivity contribution is 6.08. The fraction of sp³-hybridized carbons (Fsp3) is 0.476. The molecular weight excluding hydrogens is 296 g/mol. The van der Waals surface area contributed by atoms with Crippen molar-refractivity contribution >= 4 is 27.8 Å². The van der Waals surface area contributed by atoms with Crippen LogP contribution in [0.4, 0.5) is 5.69 Å². The number of hydrogen-bond donors (Lipinski definition) is 0. The smallest absolute Gasteiger partial charge is 0.227 e. The average molecular weight is 322 g/mol. The summed E-state index contributed by atoms with van der Waals surface area (Å²) in [5.41, 5.74) is 5.64. The molecule has 1 aliphatic heterocycles. The molecule has 1 aromatic carbocycles. The predicted molar refractivity (Wildman–Crippen MR) is 101 cm³/mol. The van der Waals surface area contributed by atoms with Gasteiger partial charge in [-0.2, -0.15) is 0 Å². The molecule has 0 spiro atoms. The number of nitrogens with zero attached hydrogens (tertiary/aromatic N) is 2. The van der Waals surface area contributed by atoms with Crippen LogP contribution in [0, 0.1) is 19.3 Å². The van der Waals surface area contributed by atoms with Gasteiger partial charge in [0.15, 0.2) is 5.58 Å². The molecule has 0 radical (unpaired) electrons. The van der Waals surface area contributed by atoms with Crippen molar-refractivity contribution in [3.63, 3.8) is 0 Å². The molecule has 1 fully saturated rings. The molecule has 3 aromatic rings. The van der Waals surface area contributed by atoms with Crippen molar-refractivity contribution in [2.75, 3.05) is 11.4 Å². The van der Waals surface area contributed by atoms with Crippen molar-refractivity contribution in [3.8, 4) is 0 Å². The maximum Gasteiger partial charge on any atom is 0.227 e. The summed E-state index contributed by atoms with van der Waals surface area (Å²) >= 11 is 0. The lowest BCUT2D eigenvalue weighted by Crippen LogP contribution is -2.38. The van der Waals surface area contributed by atoms with Gasteiger partial charge in [-0.1, -0.05) is 26.0 Å². The quantitative estimate of drug-likeness (QED) is 0.583. The third-order valence-electron chi connectivity index (χ3n) is 5.32. The number of rotatable bonds is 1. The van der Waals surface area contributed by atoms with Crippen molar-refractivity contribution in [3.05, 3.63) is 35.5 Å². The van der Waals surface area contributed by atoms with Crippen LogP contribution in [0.25, 0.3) is 22.1 Å². The second-order valence-corrected chi connectivity index (χ2v) is 8.75. The second kappa shape index (κ2) is 4.75. The van der Waals surface area contributed by atoms with Crippen molar-refractivity contribution < 1.29 is 4.42 Å². The summed E-state index contributed by atoms with van der Waals surface area (Å²) in [6.45, 7) is 14.6. The third kappa shape index (κ3) is 2.21. The highest BCUT2D eigenvalue weighted by atomic mass is 16.3. The largest absolute Gasteiger partial charge is 0.436 e. The molecular formula is C21H26N2O. The molecule has 1 aliphatic rings. The average Bonchev–Trinajstić information content (AvgIpc) is 2.91. The topological polar surface area (TPSA) is 29.3 Å². The van der Waals surface area contributed by atoms with Crippen LogP contribution in [-0.2, 0) is 0 Å². The van der Waals surface area contributed by atoms with E-state index >= 15 is 0 Å². The van der Waals surface area contributed by atoms with Gasteiger partial charge in [-0.05, 0) is 57.2 Å². The summed E-state index contributed by atoms with van der Waals surface area (Å²) in [7, 11) is 0. The molecule has 0 bridgehead atoms. The van der Waals surface area contributed by atoms with E-state index in [1.165, 1.54) is 23.1 Å². The first kappa shape index (κ1) is 15.5. The molecule has 4 rings (SSSR count). The zero-order valence-electron chi connectivity index (χ0n) is 15.5. The summed E-state index contributed by atoms with van der Waals surface area (Å²) in [5, 5.41) is 2.27. The number of fused-ring (bicyclic) bond motifs is 3. The van der Waals surface area contributed by atoms with E-state index in [1.54, 1.807) is 0 Å². The highest BCUT2D eigenvalue weighted by Crippen LogP contribution is 2.47. The first-order chi connectivity index (χ1) is 11.2. The molecule has 126 valence electrons. The Hall–Kier alpha value is -2.03. The number of pyridine rings is 1. The van der Waals surface area contributed by atoms with Crippen molar-refractivity contribution in [2.45, 2.75) is 53.5 Å². The Morgan fingerprint density at radius 1 is 1.00 bits per heavy atom. The summed E-state index contributed by atoms with van der Waals surface area (Å²) < 4.78 is 6.27. The van der Waals surface area contributed by atoms with Gasteiger partial charge < -0.3 is 9.32 Å². The number of benzene rings is 1. The Morgan fingerprint density at radius 2 is 1.71 bits per heavy atom. The molecule has 0 unspecified atom stereocenters. The van der Waals surface area contributed by atoms with Crippen LogP contribution >= 0.6 is 0 Å². The van der Waals surface area contributed by atoms with Gasteiger partial charge in [0.1, 0.15) is 0 Å². The van der Waals surface area contributed by atoms with E-state index in [2.05, 4.69) is 68.8 Å². The third-order valence-corrected chi connectivity index (χ3v) is 5.32. The van der Waals surface area contributed by atoms with Gasteiger partial charge in [0, 0.05) is 28.6 Å². The lowest BCUT2D eigenvalue weighted by atomic mass is 9.86. The van der Waals surface area contributed by atoms with Gasteiger partial charge >= 0.3 is 0 Å². The zero-order chi connectivity index (χ0) is 17.3. The highest BCUT2D eigenvalue weighted by Gasteiger charge is 2.44. The van der Waals surface area contributed by atoms with Gasteiger partial charge in [-0.3, -0.25) is 0 Å².